The van der Waals surface area contributed by atoms with Crippen molar-refractivity contribution in [2.75, 3.05) is 13.7 Å². The third-order valence-corrected chi connectivity index (χ3v) is 5.96. The number of hydrogen-bond acceptors (Lipinski definition) is 5. The fourth-order valence-corrected chi connectivity index (χ4v) is 4.12. The number of carbonyl (C=O) groups is 1. The zero-order valence-corrected chi connectivity index (χ0v) is 18.4. The molecule has 0 saturated heterocycles. The largest absolute Gasteiger partial charge is 0.497 e. The zero-order valence-electron chi connectivity index (χ0n) is 18.4. The van der Waals surface area contributed by atoms with E-state index in [0.29, 0.717) is 34.6 Å². The molecule has 31 heavy (non-hydrogen) atoms. The first-order chi connectivity index (χ1) is 14.8. The van der Waals surface area contributed by atoms with Crippen LogP contribution in [0.5, 0.6) is 11.5 Å². The molecule has 0 saturated carbocycles. The van der Waals surface area contributed by atoms with Crippen LogP contribution < -0.4 is 15.1 Å². The highest BCUT2D eigenvalue weighted by molar-refractivity contribution is 6.10. The van der Waals surface area contributed by atoms with Gasteiger partial charge in [0.1, 0.15) is 17.1 Å². The third-order valence-electron chi connectivity index (χ3n) is 5.96. The zero-order chi connectivity index (χ0) is 22.3. The highest BCUT2D eigenvalue weighted by Gasteiger charge is 2.20. The van der Waals surface area contributed by atoms with E-state index in [1.54, 1.807) is 19.2 Å². The van der Waals surface area contributed by atoms with Crippen LogP contribution in [0.3, 0.4) is 0 Å². The molecule has 160 valence electrons. The van der Waals surface area contributed by atoms with Gasteiger partial charge in [0.15, 0.2) is 6.61 Å². The highest BCUT2D eigenvalue weighted by Crippen LogP contribution is 2.29. The van der Waals surface area contributed by atoms with Crippen LogP contribution >= 0.6 is 0 Å². The number of ketones is 1. The van der Waals surface area contributed by atoms with Crippen LogP contribution in [0, 0.1) is 13.8 Å². The molecule has 0 N–H and O–H groups in total. The quantitative estimate of drug-likeness (QED) is 0.334. The maximum absolute atomic E-state index is 13.1. The Balaban J connectivity index is 1.64. The van der Waals surface area contributed by atoms with Gasteiger partial charge in [-0.05, 0) is 56.2 Å². The molecule has 0 amide bonds. The summed E-state index contributed by atoms with van der Waals surface area (Å²) in [4.78, 5) is 25.3. The van der Waals surface area contributed by atoms with E-state index in [1.807, 2.05) is 56.7 Å². The average molecular weight is 419 g/mol. The van der Waals surface area contributed by atoms with Crippen molar-refractivity contribution in [1.82, 2.24) is 4.57 Å². The van der Waals surface area contributed by atoms with E-state index in [9.17, 15) is 9.59 Å². The van der Waals surface area contributed by atoms with Crippen LogP contribution in [-0.2, 0) is 13.5 Å². The monoisotopic (exact) mass is 419 g/mol. The Hall–Kier alpha value is -3.54. The maximum Gasteiger partial charge on any atom is 0.339 e. The van der Waals surface area contributed by atoms with Gasteiger partial charge in [0.2, 0.25) is 5.78 Å². The van der Waals surface area contributed by atoms with Gasteiger partial charge < -0.3 is 18.5 Å². The summed E-state index contributed by atoms with van der Waals surface area (Å²) in [5, 5.41) is 1.70. The molecule has 2 heterocycles. The van der Waals surface area contributed by atoms with Gasteiger partial charge in [-0.25, -0.2) is 4.79 Å². The van der Waals surface area contributed by atoms with Gasteiger partial charge in [-0.2, -0.15) is 0 Å². The number of aromatic nitrogens is 1. The number of hydrogen-bond donors (Lipinski definition) is 0. The Kier molecular flexibility index (Phi) is 5.31. The van der Waals surface area contributed by atoms with Gasteiger partial charge >= 0.3 is 5.63 Å². The highest BCUT2D eigenvalue weighted by atomic mass is 16.5. The van der Waals surface area contributed by atoms with E-state index in [-0.39, 0.29) is 18.0 Å². The van der Waals surface area contributed by atoms with Gasteiger partial charge in [0, 0.05) is 46.2 Å². The molecule has 0 bridgehead atoms. The fourth-order valence-electron chi connectivity index (χ4n) is 4.12. The van der Waals surface area contributed by atoms with E-state index in [4.69, 9.17) is 13.9 Å². The molecular formula is C25H25NO5. The number of nitrogens with zero attached hydrogens (tertiary/aromatic N) is 1. The smallest absolute Gasteiger partial charge is 0.339 e. The number of methoxy groups -OCH3 is 1. The molecule has 0 aliphatic carbocycles. The van der Waals surface area contributed by atoms with Gasteiger partial charge in [-0.15, -0.1) is 0 Å². The lowest BCUT2D eigenvalue weighted by Crippen LogP contribution is -2.13. The minimum Gasteiger partial charge on any atom is -0.497 e. The van der Waals surface area contributed by atoms with Crippen LogP contribution in [0.1, 0.15) is 34.1 Å². The Morgan fingerprint density at radius 1 is 1.06 bits per heavy atom. The topological polar surface area (TPSA) is 70.7 Å². The first-order valence-electron chi connectivity index (χ1n) is 10.2. The Labute approximate surface area is 180 Å². The molecule has 0 unspecified atom stereocenters. The molecule has 2 aromatic carbocycles. The molecule has 0 aliphatic rings. The summed E-state index contributed by atoms with van der Waals surface area (Å²) < 4.78 is 18.6. The summed E-state index contributed by atoms with van der Waals surface area (Å²) in [6, 6.07) is 11.0. The van der Waals surface area contributed by atoms with Gasteiger partial charge in [-0.3, -0.25) is 4.79 Å². The predicted octanol–water partition coefficient (Wildman–Crippen LogP) is 4.73. The van der Waals surface area contributed by atoms with Crippen molar-refractivity contribution in [3.05, 3.63) is 69.2 Å². The van der Waals surface area contributed by atoms with Crippen molar-refractivity contribution in [2.45, 2.75) is 27.2 Å². The number of rotatable bonds is 6. The number of Topliss-reactive ketones (excluding diaryl/α,β-unsaturated/α-hetero) is 1. The van der Waals surface area contributed by atoms with E-state index >= 15 is 0 Å². The first-order valence-corrected chi connectivity index (χ1v) is 10.2. The summed E-state index contributed by atoms with van der Waals surface area (Å²) in [5.41, 5.74) is 4.15. The summed E-state index contributed by atoms with van der Waals surface area (Å²) in [6.07, 6.45) is 0.617. The normalized spacial score (nSPS) is 11.3. The van der Waals surface area contributed by atoms with Crippen molar-refractivity contribution >= 4 is 27.7 Å². The van der Waals surface area contributed by atoms with Crippen LogP contribution in [-0.4, -0.2) is 24.1 Å². The van der Waals surface area contributed by atoms with Crippen molar-refractivity contribution < 1.29 is 18.7 Å². The molecular weight excluding hydrogens is 394 g/mol. The molecule has 0 radical (unpaired) electrons. The number of carbonyl (C=O) groups excluding carboxylic acids is 1. The van der Waals surface area contributed by atoms with Crippen LogP contribution in [0.4, 0.5) is 0 Å². The fraction of sp³-hybridized carbons (Fsp3) is 0.280. The minimum absolute atomic E-state index is 0.126. The van der Waals surface area contributed by atoms with Crippen LogP contribution in [0.15, 0.2) is 45.6 Å². The lowest BCUT2D eigenvalue weighted by molar-refractivity contribution is 0.0922. The van der Waals surface area contributed by atoms with Gasteiger partial charge in [0.25, 0.3) is 0 Å². The van der Waals surface area contributed by atoms with Crippen molar-refractivity contribution in [2.24, 2.45) is 7.05 Å². The number of fused-ring (bicyclic) bond motifs is 2. The number of benzene rings is 2. The van der Waals surface area contributed by atoms with E-state index < -0.39 is 0 Å². The second-order valence-corrected chi connectivity index (χ2v) is 7.62. The molecule has 0 atom stereocenters. The molecule has 0 spiro atoms. The van der Waals surface area contributed by atoms with Crippen LogP contribution in [0.25, 0.3) is 21.9 Å². The Bertz CT molecular complexity index is 1380. The standard InChI is InChI=1S/C25H25NO5/c1-6-18-14(2)19-9-7-17(12-23(19)31-25(18)28)30-13-22(27)24-15(3)26(4)21-10-8-16(29-5)11-20(21)24/h7-12H,6,13H2,1-5H3. The second-order valence-electron chi connectivity index (χ2n) is 7.62. The SMILES string of the molecule is CCc1c(C)c2ccc(OCC(=O)c3c(C)n(C)c4ccc(OC)cc34)cc2oc1=O. The van der Waals surface area contributed by atoms with Crippen molar-refractivity contribution in [3.63, 3.8) is 0 Å². The van der Waals surface area contributed by atoms with Gasteiger partial charge in [-0.1, -0.05) is 6.92 Å². The molecule has 0 fully saturated rings. The second kappa shape index (κ2) is 7.95. The van der Waals surface area contributed by atoms with Crippen LogP contribution in [0.2, 0.25) is 0 Å². The lowest BCUT2D eigenvalue weighted by atomic mass is 10.0. The van der Waals surface area contributed by atoms with E-state index in [0.717, 1.165) is 27.5 Å². The van der Waals surface area contributed by atoms with Crippen molar-refractivity contribution in [1.29, 1.82) is 0 Å². The van der Waals surface area contributed by atoms with Gasteiger partial charge in [0.05, 0.1) is 7.11 Å². The molecule has 0 aliphatic heterocycles. The molecule has 4 rings (SSSR count). The first kappa shape index (κ1) is 20.7. The third kappa shape index (κ3) is 3.48. The lowest BCUT2D eigenvalue weighted by Gasteiger charge is -2.09. The Morgan fingerprint density at radius 2 is 1.81 bits per heavy atom. The Morgan fingerprint density at radius 3 is 2.52 bits per heavy atom. The molecule has 6 nitrogen and oxygen atoms in total. The minimum atomic E-state index is -0.332. The van der Waals surface area contributed by atoms with E-state index in [2.05, 4.69) is 0 Å². The van der Waals surface area contributed by atoms with Crippen molar-refractivity contribution in [3.8, 4) is 11.5 Å². The molecule has 2 aromatic heterocycles. The summed E-state index contributed by atoms with van der Waals surface area (Å²) >= 11 is 0. The summed E-state index contributed by atoms with van der Waals surface area (Å²) in [5.74, 6) is 1.04. The summed E-state index contributed by atoms with van der Waals surface area (Å²) in [7, 11) is 3.53. The summed E-state index contributed by atoms with van der Waals surface area (Å²) in [6.45, 7) is 5.64. The predicted molar refractivity (Wildman–Crippen MR) is 121 cm³/mol. The molecule has 6 heteroatoms. The average Bonchev–Trinajstić information content (AvgIpc) is 3.01. The van der Waals surface area contributed by atoms with E-state index in [1.165, 1.54) is 0 Å². The molecule has 4 aromatic rings. The number of ether oxygens (including phenoxy) is 2. The maximum atomic E-state index is 13.1. The number of aryl methyl sites for hydroxylation is 2.